The summed E-state index contributed by atoms with van der Waals surface area (Å²) in [5, 5.41) is 13.5. The Bertz CT molecular complexity index is 312. The van der Waals surface area contributed by atoms with Crippen LogP contribution in [0.5, 0.6) is 0 Å². The van der Waals surface area contributed by atoms with E-state index in [1.54, 1.807) is 0 Å². The fourth-order valence-electron chi connectivity index (χ4n) is 2.57. The van der Waals surface area contributed by atoms with E-state index in [1.165, 1.54) is 24.8 Å². The highest BCUT2D eigenvalue weighted by Gasteiger charge is 2.20. The van der Waals surface area contributed by atoms with E-state index in [9.17, 15) is 5.11 Å². The Morgan fingerprint density at radius 2 is 1.82 bits per heavy atom. The van der Waals surface area contributed by atoms with Gasteiger partial charge in [-0.3, -0.25) is 0 Å². The van der Waals surface area contributed by atoms with Crippen LogP contribution in [0.2, 0.25) is 0 Å². The molecule has 1 aromatic carbocycles. The zero-order valence-corrected chi connectivity index (χ0v) is 10.4. The molecule has 2 atom stereocenters. The molecule has 1 aromatic rings. The molecule has 2 rings (SSSR count). The molecule has 0 amide bonds. The molecule has 94 valence electrons. The molecule has 0 saturated heterocycles. The van der Waals surface area contributed by atoms with E-state index in [0.717, 1.165) is 25.8 Å². The summed E-state index contributed by atoms with van der Waals surface area (Å²) in [7, 11) is 0. The van der Waals surface area contributed by atoms with Crippen LogP contribution < -0.4 is 5.32 Å². The van der Waals surface area contributed by atoms with Gasteiger partial charge in [0.2, 0.25) is 0 Å². The van der Waals surface area contributed by atoms with Crippen molar-refractivity contribution < 1.29 is 5.11 Å². The number of aliphatic hydroxyl groups is 1. The van der Waals surface area contributed by atoms with Gasteiger partial charge in [0.05, 0.1) is 6.10 Å². The molecule has 17 heavy (non-hydrogen) atoms. The average Bonchev–Trinajstić information content (AvgIpc) is 2.56. The van der Waals surface area contributed by atoms with Crippen molar-refractivity contribution >= 4 is 0 Å². The molecular weight excluding hydrogens is 210 g/mol. The predicted molar refractivity (Wildman–Crippen MR) is 71.0 cm³/mol. The van der Waals surface area contributed by atoms with Crippen LogP contribution in [0.3, 0.4) is 0 Å². The summed E-state index contributed by atoms with van der Waals surface area (Å²) in [6.45, 7) is 0.964. The molecule has 2 N–H and O–H groups in total. The number of hydrogen-bond donors (Lipinski definition) is 2. The zero-order valence-electron chi connectivity index (χ0n) is 10.4. The first-order valence-corrected chi connectivity index (χ1v) is 6.81. The third-order valence-electron chi connectivity index (χ3n) is 3.64. The van der Waals surface area contributed by atoms with E-state index >= 15 is 0 Å². The normalized spacial score (nSPS) is 25.5. The van der Waals surface area contributed by atoms with E-state index in [0.29, 0.717) is 6.04 Å². The Labute approximate surface area is 104 Å². The molecule has 0 radical (unpaired) electrons. The fourth-order valence-corrected chi connectivity index (χ4v) is 2.57. The SMILES string of the molecule is O[C@@H]1CCCCC[C@H]1NCCc1ccccc1. The molecular formula is C15H23NO. The lowest BCUT2D eigenvalue weighted by atomic mass is 10.1. The summed E-state index contributed by atoms with van der Waals surface area (Å²) < 4.78 is 0. The Hall–Kier alpha value is -0.860. The summed E-state index contributed by atoms with van der Waals surface area (Å²) in [5.74, 6) is 0. The molecule has 1 saturated carbocycles. The Morgan fingerprint density at radius 1 is 1.06 bits per heavy atom. The van der Waals surface area contributed by atoms with Gasteiger partial charge in [0.25, 0.3) is 0 Å². The highest BCUT2D eigenvalue weighted by molar-refractivity contribution is 5.14. The third kappa shape index (κ3) is 4.14. The maximum Gasteiger partial charge on any atom is 0.0693 e. The van der Waals surface area contributed by atoms with E-state index in [4.69, 9.17) is 0 Å². The molecule has 2 heteroatoms. The number of nitrogens with one attached hydrogen (secondary N) is 1. The second kappa shape index (κ2) is 6.77. The van der Waals surface area contributed by atoms with Crippen molar-refractivity contribution in [1.82, 2.24) is 5.32 Å². The maximum atomic E-state index is 9.98. The number of rotatable bonds is 4. The molecule has 0 heterocycles. The van der Waals surface area contributed by atoms with Gasteiger partial charge < -0.3 is 10.4 Å². The van der Waals surface area contributed by atoms with Crippen LogP contribution >= 0.6 is 0 Å². The highest BCUT2D eigenvalue weighted by atomic mass is 16.3. The highest BCUT2D eigenvalue weighted by Crippen LogP contribution is 2.17. The van der Waals surface area contributed by atoms with Crippen LogP contribution in [0.4, 0.5) is 0 Å². The number of benzene rings is 1. The van der Waals surface area contributed by atoms with Gasteiger partial charge >= 0.3 is 0 Å². The van der Waals surface area contributed by atoms with Crippen LogP contribution in [-0.2, 0) is 6.42 Å². The van der Waals surface area contributed by atoms with Crippen molar-refractivity contribution in [2.75, 3.05) is 6.54 Å². The summed E-state index contributed by atoms with van der Waals surface area (Å²) >= 11 is 0. The molecule has 1 aliphatic rings. The van der Waals surface area contributed by atoms with Crippen LogP contribution in [0.25, 0.3) is 0 Å². The number of aliphatic hydroxyl groups excluding tert-OH is 1. The Kier molecular flexibility index (Phi) is 5.02. The van der Waals surface area contributed by atoms with Gasteiger partial charge in [0, 0.05) is 6.04 Å². The van der Waals surface area contributed by atoms with Gasteiger partial charge in [-0.05, 0) is 31.4 Å². The second-order valence-electron chi connectivity index (χ2n) is 5.00. The molecule has 1 aliphatic carbocycles. The maximum absolute atomic E-state index is 9.98. The van der Waals surface area contributed by atoms with E-state index in [-0.39, 0.29) is 6.10 Å². The van der Waals surface area contributed by atoms with Gasteiger partial charge in [0.15, 0.2) is 0 Å². The molecule has 0 aromatic heterocycles. The molecule has 0 spiro atoms. The molecule has 2 nitrogen and oxygen atoms in total. The second-order valence-corrected chi connectivity index (χ2v) is 5.00. The minimum Gasteiger partial charge on any atom is -0.392 e. The Balaban J connectivity index is 1.73. The van der Waals surface area contributed by atoms with Gasteiger partial charge in [-0.15, -0.1) is 0 Å². The van der Waals surface area contributed by atoms with Crippen molar-refractivity contribution in [3.05, 3.63) is 35.9 Å². The van der Waals surface area contributed by atoms with Gasteiger partial charge in [-0.25, -0.2) is 0 Å². The van der Waals surface area contributed by atoms with Crippen molar-refractivity contribution in [3.8, 4) is 0 Å². The van der Waals surface area contributed by atoms with Crippen molar-refractivity contribution in [1.29, 1.82) is 0 Å². The molecule has 0 bridgehead atoms. The van der Waals surface area contributed by atoms with E-state index in [1.807, 2.05) is 6.07 Å². The van der Waals surface area contributed by atoms with Crippen molar-refractivity contribution in [2.24, 2.45) is 0 Å². The minimum absolute atomic E-state index is 0.145. The monoisotopic (exact) mass is 233 g/mol. The van der Waals surface area contributed by atoms with E-state index in [2.05, 4.69) is 29.6 Å². The van der Waals surface area contributed by atoms with Gasteiger partial charge in [0.1, 0.15) is 0 Å². The topological polar surface area (TPSA) is 32.3 Å². The summed E-state index contributed by atoms with van der Waals surface area (Å²) in [4.78, 5) is 0. The standard InChI is InChI=1S/C15H23NO/c17-15-10-6-2-5-9-14(15)16-12-11-13-7-3-1-4-8-13/h1,3-4,7-8,14-17H,2,5-6,9-12H2/t14-,15-/m1/s1. The lowest BCUT2D eigenvalue weighted by Gasteiger charge is -2.21. The smallest absolute Gasteiger partial charge is 0.0693 e. The van der Waals surface area contributed by atoms with Crippen LogP contribution in [0.15, 0.2) is 30.3 Å². The molecule has 1 fully saturated rings. The first-order valence-electron chi connectivity index (χ1n) is 6.81. The zero-order chi connectivity index (χ0) is 11.9. The first-order chi connectivity index (χ1) is 8.36. The molecule has 0 aliphatic heterocycles. The first kappa shape index (κ1) is 12.6. The van der Waals surface area contributed by atoms with Crippen molar-refractivity contribution in [3.63, 3.8) is 0 Å². The molecule has 0 unspecified atom stereocenters. The third-order valence-corrected chi connectivity index (χ3v) is 3.64. The Morgan fingerprint density at radius 3 is 2.65 bits per heavy atom. The van der Waals surface area contributed by atoms with Crippen molar-refractivity contribution in [2.45, 2.75) is 50.7 Å². The van der Waals surface area contributed by atoms with Gasteiger partial charge in [-0.2, -0.15) is 0 Å². The largest absolute Gasteiger partial charge is 0.392 e. The number of hydrogen-bond acceptors (Lipinski definition) is 2. The minimum atomic E-state index is -0.145. The lowest BCUT2D eigenvalue weighted by Crippen LogP contribution is -2.40. The lowest BCUT2D eigenvalue weighted by molar-refractivity contribution is 0.120. The summed E-state index contributed by atoms with van der Waals surface area (Å²) in [5.41, 5.74) is 1.36. The van der Waals surface area contributed by atoms with Crippen LogP contribution in [0, 0.1) is 0 Å². The quantitative estimate of drug-likeness (QED) is 0.783. The van der Waals surface area contributed by atoms with Gasteiger partial charge in [-0.1, -0.05) is 49.6 Å². The predicted octanol–water partition coefficient (Wildman–Crippen LogP) is 2.51. The summed E-state index contributed by atoms with van der Waals surface area (Å²) in [6.07, 6.45) is 6.68. The van der Waals surface area contributed by atoms with Crippen LogP contribution in [0.1, 0.15) is 37.7 Å². The average molecular weight is 233 g/mol. The fraction of sp³-hybridized carbons (Fsp3) is 0.600. The summed E-state index contributed by atoms with van der Waals surface area (Å²) in [6, 6.07) is 10.8. The van der Waals surface area contributed by atoms with Crippen LogP contribution in [-0.4, -0.2) is 23.8 Å². The van der Waals surface area contributed by atoms with E-state index < -0.39 is 0 Å².